The molecule has 0 radical (unpaired) electrons. The highest BCUT2D eigenvalue weighted by molar-refractivity contribution is 7.80. The average Bonchev–Trinajstić information content (AvgIpc) is 3.34. The van der Waals surface area contributed by atoms with Gasteiger partial charge in [-0.15, -0.1) is 0 Å². The number of aryl methyl sites for hydroxylation is 1. The van der Waals surface area contributed by atoms with Gasteiger partial charge in [-0.25, -0.2) is 0 Å². The molecule has 154 valence electrons. The number of hydrogen-bond acceptors (Lipinski definition) is 6. The molecule has 1 aromatic rings. The molecule has 2 heterocycles. The van der Waals surface area contributed by atoms with Crippen molar-refractivity contribution in [1.82, 2.24) is 10.6 Å². The molecule has 4 rings (SSSR count). The van der Waals surface area contributed by atoms with Crippen LogP contribution < -0.4 is 10.6 Å². The Balaban J connectivity index is 1.45. The quantitative estimate of drug-likeness (QED) is 0.597. The van der Waals surface area contributed by atoms with Gasteiger partial charge in [0.15, 0.2) is 10.8 Å². The molecule has 0 amide bonds. The fourth-order valence-electron chi connectivity index (χ4n) is 5.11. The summed E-state index contributed by atoms with van der Waals surface area (Å²) >= 11 is 10.4. The van der Waals surface area contributed by atoms with Crippen LogP contribution in [0.5, 0.6) is 0 Å². The van der Waals surface area contributed by atoms with Crippen molar-refractivity contribution in [2.75, 3.05) is 13.1 Å². The Bertz CT molecular complexity index is 856. The molecule has 0 aromatic heterocycles. The summed E-state index contributed by atoms with van der Waals surface area (Å²) in [6.45, 7) is 1.03. The van der Waals surface area contributed by atoms with Crippen LogP contribution in [0.15, 0.2) is 24.3 Å². The Kier molecular flexibility index (Phi) is 6.20. The molecule has 1 aliphatic carbocycles. The summed E-state index contributed by atoms with van der Waals surface area (Å²) < 4.78 is 0. The zero-order valence-electron chi connectivity index (χ0n) is 16.2. The number of carbonyl (C=O) groups is 2. The van der Waals surface area contributed by atoms with Crippen LogP contribution in [0.2, 0.25) is 0 Å². The summed E-state index contributed by atoms with van der Waals surface area (Å²) in [4.78, 5) is 27.0. The second-order valence-electron chi connectivity index (χ2n) is 8.42. The monoisotopic (exact) mass is 430 g/mol. The number of carbonyl (C=O) groups excluding carboxylic acids is 2. The number of aliphatic hydroxyl groups excluding tert-OH is 1. The predicted octanol–water partition coefficient (Wildman–Crippen LogP) is 2.14. The number of benzene rings is 1. The van der Waals surface area contributed by atoms with E-state index in [0.29, 0.717) is 36.7 Å². The van der Waals surface area contributed by atoms with Crippen LogP contribution in [0.25, 0.3) is 0 Å². The zero-order chi connectivity index (χ0) is 20.5. The maximum atomic E-state index is 13.2. The van der Waals surface area contributed by atoms with Gasteiger partial charge < -0.3 is 15.7 Å². The zero-order valence-corrected chi connectivity index (χ0v) is 17.9. The van der Waals surface area contributed by atoms with Gasteiger partial charge in [-0.1, -0.05) is 36.5 Å². The molecule has 3 aliphatic rings. The number of nitrogens with one attached hydrogen (secondary N) is 2. The number of rotatable bonds is 6. The van der Waals surface area contributed by atoms with Crippen molar-refractivity contribution in [3.63, 3.8) is 0 Å². The van der Waals surface area contributed by atoms with E-state index in [4.69, 9.17) is 24.4 Å². The Morgan fingerprint density at radius 1 is 1.10 bits per heavy atom. The highest BCUT2D eigenvalue weighted by Crippen LogP contribution is 2.31. The van der Waals surface area contributed by atoms with Crippen molar-refractivity contribution in [1.29, 1.82) is 0 Å². The molecular formula is C22H26N2O3S2. The van der Waals surface area contributed by atoms with E-state index in [1.807, 2.05) is 6.07 Å². The smallest absolute Gasteiger partial charge is 0.174 e. The third-order valence-electron chi connectivity index (χ3n) is 6.62. The van der Waals surface area contributed by atoms with Gasteiger partial charge in [-0.05, 0) is 61.5 Å². The lowest BCUT2D eigenvalue weighted by Crippen LogP contribution is -2.48. The average molecular weight is 431 g/mol. The van der Waals surface area contributed by atoms with Crippen LogP contribution in [0.4, 0.5) is 0 Å². The SMILES string of the molecule is O=C(C[C@H]1CCc2ccccc2C1)C1C(=S)CN[C@@H]1C(=O)C1CCN[C@@H]1C(O)=S. The van der Waals surface area contributed by atoms with Gasteiger partial charge >= 0.3 is 0 Å². The van der Waals surface area contributed by atoms with Crippen molar-refractivity contribution in [2.45, 2.75) is 44.2 Å². The van der Waals surface area contributed by atoms with Gasteiger partial charge in [-0.2, -0.15) is 0 Å². The number of fused-ring (bicyclic) bond motifs is 1. The van der Waals surface area contributed by atoms with Crippen LogP contribution in [-0.4, -0.2) is 51.8 Å². The Hall–Kier alpha value is -1.54. The fourth-order valence-corrected chi connectivity index (χ4v) is 5.71. The molecule has 29 heavy (non-hydrogen) atoms. The lowest BCUT2D eigenvalue weighted by atomic mass is 9.77. The summed E-state index contributed by atoms with van der Waals surface area (Å²) in [7, 11) is 0. The molecule has 5 nitrogen and oxygen atoms in total. The number of Topliss-reactive ketones (excluding diaryl/α,β-unsaturated/α-hetero) is 2. The summed E-state index contributed by atoms with van der Waals surface area (Å²) in [6.07, 6.45) is 3.94. The summed E-state index contributed by atoms with van der Waals surface area (Å²) in [5, 5.41) is 15.8. The molecule has 2 unspecified atom stereocenters. The van der Waals surface area contributed by atoms with Crippen molar-refractivity contribution < 1.29 is 14.7 Å². The molecule has 7 heteroatoms. The molecule has 3 N–H and O–H groups in total. The minimum atomic E-state index is -0.604. The Morgan fingerprint density at radius 3 is 2.62 bits per heavy atom. The predicted molar refractivity (Wildman–Crippen MR) is 120 cm³/mol. The molecular weight excluding hydrogens is 404 g/mol. The highest BCUT2D eigenvalue weighted by Gasteiger charge is 2.46. The third kappa shape index (κ3) is 4.19. The number of aliphatic hydroxyl groups is 1. The molecule has 0 bridgehead atoms. The minimum Gasteiger partial charge on any atom is -0.501 e. The van der Waals surface area contributed by atoms with Crippen LogP contribution in [0.1, 0.15) is 30.4 Å². The van der Waals surface area contributed by atoms with E-state index in [1.165, 1.54) is 11.1 Å². The van der Waals surface area contributed by atoms with E-state index in [0.717, 1.165) is 19.3 Å². The van der Waals surface area contributed by atoms with E-state index >= 15 is 0 Å². The van der Waals surface area contributed by atoms with E-state index in [2.05, 4.69) is 28.8 Å². The third-order valence-corrected chi connectivity index (χ3v) is 7.27. The summed E-state index contributed by atoms with van der Waals surface area (Å²) in [5.41, 5.74) is 2.70. The van der Waals surface area contributed by atoms with Gasteiger partial charge in [0, 0.05) is 23.7 Å². The maximum Gasteiger partial charge on any atom is 0.174 e. The van der Waals surface area contributed by atoms with Crippen LogP contribution in [0.3, 0.4) is 0 Å². The molecule has 0 spiro atoms. The highest BCUT2D eigenvalue weighted by atomic mass is 32.1. The summed E-state index contributed by atoms with van der Waals surface area (Å²) in [6, 6.07) is 7.30. The second-order valence-corrected chi connectivity index (χ2v) is 9.36. The first-order valence-corrected chi connectivity index (χ1v) is 11.1. The molecule has 0 saturated carbocycles. The first-order chi connectivity index (χ1) is 14.0. The Labute approximate surface area is 181 Å². The van der Waals surface area contributed by atoms with Gasteiger partial charge in [-0.3, -0.25) is 9.59 Å². The first-order valence-electron chi connectivity index (χ1n) is 10.3. The lowest BCUT2D eigenvalue weighted by Gasteiger charge is -2.27. The first kappa shape index (κ1) is 20.7. The van der Waals surface area contributed by atoms with Crippen LogP contribution in [-0.2, 0) is 22.4 Å². The van der Waals surface area contributed by atoms with Gasteiger partial charge in [0.05, 0.1) is 18.0 Å². The van der Waals surface area contributed by atoms with Crippen molar-refractivity contribution >= 4 is 45.9 Å². The van der Waals surface area contributed by atoms with Crippen molar-refractivity contribution in [3.05, 3.63) is 35.4 Å². The second kappa shape index (κ2) is 8.68. The summed E-state index contributed by atoms with van der Waals surface area (Å²) in [5.74, 6) is -0.672. The normalized spacial score (nSPS) is 31.4. The van der Waals surface area contributed by atoms with E-state index in [-0.39, 0.29) is 16.6 Å². The van der Waals surface area contributed by atoms with E-state index < -0.39 is 23.9 Å². The standard InChI is InChI=1S/C22H26N2O3S2/c25-16(10-12-5-6-13-3-1-2-4-14(13)9-12)18-17(28)11-24-20(18)21(26)15-7-8-23-19(15)22(27)29/h1-4,12,15,18-20,23-24H,5-11H2,(H,27,29)/t12-,15?,18?,19-,20-/m0/s1. The molecule has 2 fully saturated rings. The molecule has 5 atom stereocenters. The molecule has 2 aliphatic heterocycles. The molecule has 2 saturated heterocycles. The van der Waals surface area contributed by atoms with Gasteiger partial charge in [0.25, 0.3) is 0 Å². The molecule has 1 aromatic carbocycles. The van der Waals surface area contributed by atoms with Crippen LogP contribution >= 0.6 is 24.4 Å². The van der Waals surface area contributed by atoms with Crippen molar-refractivity contribution in [2.24, 2.45) is 17.8 Å². The van der Waals surface area contributed by atoms with E-state index in [9.17, 15) is 14.7 Å². The van der Waals surface area contributed by atoms with E-state index in [1.54, 1.807) is 0 Å². The number of hydrogen-bond donors (Lipinski definition) is 3. The fraction of sp³-hybridized carbons (Fsp3) is 0.545. The largest absolute Gasteiger partial charge is 0.501 e. The van der Waals surface area contributed by atoms with Crippen LogP contribution in [0, 0.1) is 17.8 Å². The Morgan fingerprint density at radius 2 is 1.86 bits per heavy atom. The topological polar surface area (TPSA) is 78.4 Å². The maximum absolute atomic E-state index is 13.2. The minimum absolute atomic E-state index is 0.0661. The lowest BCUT2D eigenvalue weighted by molar-refractivity contribution is -0.130. The van der Waals surface area contributed by atoms with Crippen molar-refractivity contribution in [3.8, 4) is 0 Å². The number of thiocarbonyl (C=S) groups is 2. The number of ketones is 2. The van der Waals surface area contributed by atoms with Gasteiger partial charge in [0.2, 0.25) is 0 Å². The van der Waals surface area contributed by atoms with Gasteiger partial charge in [0.1, 0.15) is 5.78 Å².